The lowest BCUT2D eigenvalue weighted by molar-refractivity contribution is -0.118. The Morgan fingerprint density at radius 3 is 2.56 bits per heavy atom. The molecule has 0 spiro atoms. The smallest absolute Gasteiger partial charge is 0.330 e. The van der Waals surface area contributed by atoms with E-state index in [2.05, 4.69) is 20.5 Å². The van der Waals surface area contributed by atoms with Crippen LogP contribution in [-0.4, -0.2) is 55.9 Å². The number of H-pyrrole nitrogens is 1. The van der Waals surface area contributed by atoms with Gasteiger partial charge in [0, 0.05) is 20.2 Å². The predicted molar refractivity (Wildman–Crippen MR) is 118 cm³/mol. The van der Waals surface area contributed by atoms with Crippen molar-refractivity contribution in [2.24, 2.45) is 5.92 Å². The molecule has 3 aromatic rings. The number of hydrogen-bond acceptors (Lipinski definition) is 8. The summed E-state index contributed by atoms with van der Waals surface area (Å²) in [5, 5.41) is 11.0. The van der Waals surface area contributed by atoms with Crippen LogP contribution < -0.4 is 21.9 Å². The van der Waals surface area contributed by atoms with Crippen molar-refractivity contribution in [1.82, 2.24) is 29.8 Å². The van der Waals surface area contributed by atoms with Gasteiger partial charge in [0.2, 0.25) is 5.91 Å². The highest BCUT2D eigenvalue weighted by atomic mass is 16.5. The molecule has 1 amide bonds. The summed E-state index contributed by atoms with van der Waals surface area (Å²) < 4.78 is 7.88. The van der Waals surface area contributed by atoms with Crippen LogP contribution in [0, 0.1) is 5.92 Å². The standard InChI is InChI=1S/C20H26N8O4/c1-13(2)11-27-18(21)17(19(30)23-20(27)31)26(8-9-32-3)16(29)10-14-4-6-15(7-5-14)28-12-22-24-25-28/h4-7,12-13H,8-11,21H2,1-3H3,(H,23,30,31). The van der Waals surface area contributed by atoms with Gasteiger partial charge >= 0.3 is 5.69 Å². The molecule has 0 aliphatic heterocycles. The van der Waals surface area contributed by atoms with Crippen LogP contribution in [0.3, 0.4) is 0 Å². The molecule has 12 heteroatoms. The third-order valence-electron chi connectivity index (χ3n) is 4.76. The van der Waals surface area contributed by atoms with E-state index in [4.69, 9.17) is 10.5 Å². The maximum Gasteiger partial charge on any atom is 0.330 e. The number of carbonyl (C=O) groups is 1. The van der Waals surface area contributed by atoms with E-state index in [-0.39, 0.29) is 42.9 Å². The molecule has 0 saturated carbocycles. The number of benzene rings is 1. The second-order valence-electron chi connectivity index (χ2n) is 7.63. The highest BCUT2D eigenvalue weighted by Gasteiger charge is 2.24. The van der Waals surface area contributed by atoms with Gasteiger partial charge in [0.25, 0.3) is 5.56 Å². The van der Waals surface area contributed by atoms with Crippen LogP contribution in [0.4, 0.5) is 11.5 Å². The molecule has 2 heterocycles. The summed E-state index contributed by atoms with van der Waals surface area (Å²) in [6.45, 7) is 4.43. The Kier molecular flexibility index (Phi) is 7.15. The van der Waals surface area contributed by atoms with Crippen molar-refractivity contribution in [2.45, 2.75) is 26.8 Å². The molecule has 3 N–H and O–H groups in total. The van der Waals surface area contributed by atoms with E-state index in [1.54, 1.807) is 24.3 Å². The Morgan fingerprint density at radius 1 is 1.25 bits per heavy atom. The lowest BCUT2D eigenvalue weighted by Crippen LogP contribution is -2.43. The fourth-order valence-corrected chi connectivity index (χ4v) is 3.24. The largest absolute Gasteiger partial charge is 0.383 e. The van der Waals surface area contributed by atoms with Gasteiger partial charge in [-0.2, -0.15) is 0 Å². The molecule has 0 unspecified atom stereocenters. The first kappa shape index (κ1) is 22.9. The van der Waals surface area contributed by atoms with E-state index < -0.39 is 11.2 Å². The Morgan fingerprint density at radius 2 is 1.97 bits per heavy atom. The van der Waals surface area contributed by atoms with Gasteiger partial charge in [0.15, 0.2) is 5.69 Å². The summed E-state index contributed by atoms with van der Waals surface area (Å²) in [4.78, 5) is 41.6. The first-order chi connectivity index (χ1) is 15.3. The molecule has 0 bridgehead atoms. The highest BCUT2D eigenvalue weighted by Crippen LogP contribution is 2.19. The Balaban J connectivity index is 1.92. The van der Waals surface area contributed by atoms with Crippen LogP contribution >= 0.6 is 0 Å². The molecular weight excluding hydrogens is 416 g/mol. The van der Waals surface area contributed by atoms with Crippen molar-refractivity contribution in [3.05, 3.63) is 57.0 Å². The number of carbonyl (C=O) groups excluding carboxylic acids is 1. The van der Waals surface area contributed by atoms with Crippen molar-refractivity contribution in [3.63, 3.8) is 0 Å². The average molecular weight is 442 g/mol. The van der Waals surface area contributed by atoms with E-state index >= 15 is 0 Å². The summed E-state index contributed by atoms with van der Waals surface area (Å²) in [5.74, 6) is -0.300. The minimum Gasteiger partial charge on any atom is -0.383 e. The zero-order chi connectivity index (χ0) is 23.3. The SMILES string of the molecule is COCCN(C(=O)Cc1ccc(-n2cnnn2)cc1)c1c(N)n(CC(C)C)c(=O)[nH]c1=O. The maximum atomic E-state index is 13.2. The quantitative estimate of drug-likeness (QED) is 0.468. The van der Waals surface area contributed by atoms with Crippen LogP contribution in [0.25, 0.3) is 5.69 Å². The summed E-state index contributed by atoms with van der Waals surface area (Å²) in [6.07, 6.45) is 1.48. The van der Waals surface area contributed by atoms with Crippen LogP contribution in [0.5, 0.6) is 0 Å². The molecule has 0 saturated heterocycles. The normalized spacial score (nSPS) is 11.1. The molecule has 32 heavy (non-hydrogen) atoms. The van der Waals surface area contributed by atoms with Gasteiger partial charge in [-0.1, -0.05) is 26.0 Å². The number of nitrogen functional groups attached to an aromatic ring is 1. The molecule has 2 aromatic heterocycles. The van der Waals surface area contributed by atoms with Crippen molar-refractivity contribution in [3.8, 4) is 5.69 Å². The number of nitrogens with one attached hydrogen (secondary N) is 1. The number of ether oxygens (including phenoxy) is 1. The van der Waals surface area contributed by atoms with Gasteiger partial charge in [0.05, 0.1) is 18.7 Å². The molecule has 0 radical (unpaired) electrons. The van der Waals surface area contributed by atoms with E-state index in [0.717, 1.165) is 11.3 Å². The fraction of sp³-hybridized carbons (Fsp3) is 0.400. The first-order valence-electron chi connectivity index (χ1n) is 10.1. The molecule has 0 fully saturated rings. The summed E-state index contributed by atoms with van der Waals surface area (Å²) in [5.41, 5.74) is 6.28. The second kappa shape index (κ2) is 10.0. The average Bonchev–Trinajstić information content (AvgIpc) is 3.28. The number of methoxy groups -OCH3 is 1. The molecule has 12 nitrogen and oxygen atoms in total. The van der Waals surface area contributed by atoms with Crippen molar-refractivity contribution in [2.75, 3.05) is 30.9 Å². The summed E-state index contributed by atoms with van der Waals surface area (Å²) in [6, 6.07) is 7.11. The van der Waals surface area contributed by atoms with Crippen molar-refractivity contribution >= 4 is 17.4 Å². The number of amides is 1. The lowest BCUT2D eigenvalue weighted by atomic mass is 10.1. The summed E-state index contributed by atoms with van der Waals surface area (Å²) in [7, 11) is 1.49. The molecular formula is C20H26N8O4. The number of tetrazole rings is 1. The minimum atomic E-state index is -0.717. The third-order valence-corrected chi connectivity index (χ3v) is 4.76. The number of nitrogens with zero attached hydrogens (tertiary/aromatic N) is 6. The monoisotopic (exact) mass is 442 g/mol. The lowest BCUT2D eigenvalue weighted by Gasteiger charge is -2.25. The van der Waals surface area contributed by atoms with E-state index in [1.165, 1.54) is 27.6 Å². The number of rotatable bonds is 9. The van der Waals surface area contributed by atoms with Gasteiger partial charge in [-0.05, 0) is 34.0 Å². The van der Waals surface area contributed by atoms with Crippen LogP contribution in [0.1, 0.15) is 19.4 Å². The molecule has 0 aliphatic rings. The molecule has 0 aliphatic carbocycles. The van der Waals surface area contributed by atoms with Gasteiger partial charge in [0.1, 0.15) is 12.1 Å². The van der Waals surface area contributed by atoms with E-state index in [0.29, 0.717) is 6.54 Å². The highest BCUT2D eigenvalue weighted by molar-refractivity contribution is 5.96. The second-order valence-corrected chi connectivity index (χ2v) is 7.63. The van der Waals surface area contributed by atoms with Crippen LogP contribution in [0.2, 0.25) is 0 Å². The Bertz CT molecular complexity index is 1170. The van der Waals surface area contributed by atoms with Gasteiger partial charge in [-0.25, -0.2) is 9.48 Å². The minimum absolute atomic E-state index is 0.0157. The van der Waals surface area contributed by atoms with Gasteiger partial charge in [-0.15, -0.1) is 5.10 Å². The zero-order valence-electron chi connectivity index (χ0n) is 18.2. The van der Waals surface area contributed by atoms with E-state index in [9.17, 15) is 14.4 Å². The van der Waals surface area contributed by atoms with Gasteiger partial charge in [-0.3, -0.25) is 19.1 Å². The maximum absolute atomic E-state index is 13.2. The van der Waals surface area contributed by atoms with Crippen LogP contribution in [-0.2, 0) is 22.5 Å². The zero-order valence-corrected chi connectivity index (χ0v) is 18.2. The van der Waals surface area contributed by atoms with Crippen molar-refractivity contribution < 1.29 is 9.53 Å². The summed E-state index contributed by atoms with van der Waals surface area (Å²) >= 11 is 0. The fourth-order valence-electron chi connectivity index (χ4n) is 3.24. The number of aromatic nitrogens is 6. The Hall–Kier alpha value is -3.80. The topological polar surface area (TPSA) is 154 Å². The number of nitrogens with two attached hydrogens (primary N) is 1. The molecule has 0 atom stereocenters. The third kappa shape index (κ3) is 5.09. The number of hydrogen-bond donors (Lipinski definition) is 2. The Labute approximate surface area is 183 Å². The number of anilines is 2. The van der Waals surface area contributed by atoms with Crippen molar-refractivity contribution in [1.29, 1.82) is 0 Å². The van der Waals surface area contributed by atoms with Gasteiger partial charge < -0.3 is 15.4 Å². The number of aromatic amines is 1. The molecule has 1 aromatic carbocycles. The van der Waals surface area contributed by atoms with Crippen LogP contribution in [0.15, 0.2) is 40.2 Å². The van der Waals surface area contributed by atoms with E-state index in [1.807, 2.05) is 13.8 Å². The first-order valence-corrected chi connectivity index (χ1v) is 10.1. The molecule has 3 rings (SSSR count). The predicted octanol–water partition coefficient (Wildman–Crippen LogP) is -0.0274. The molecule has 170 valence electrons.